The molecule has 0 aliphatic rings. The molecule has 112 valence electrons. The molecule has 22 heavy (non-hydrogen) atoms. The van der Waals surface area contributed by atoms with E-state index in [-0.39, 0.29) is 5.92 Å². The summed E-state index contributed by atoms with van der Waals surface area (Å²) in [4.78, 5) is 8.71. The van der Waals surface area contributed by atoms with E-state index in [1.165, 1.54) is 0 Å². The maximum Gasteiger partial charge on any atom is 0.112 e. The lowest BCUT2D eigenvalue weighted by atomic mass is 10.0. The van der Waals surface area contributed by atoms with Crippen molar-refractivity contribution in [1.29, 1.82) is 0 Å². The van der Waals surface area contributed by atoms with Gasteiger partial charge in [-0.25, -0.2) is 0 Å². The van der Waals surface area contributed by atoms with Crippen LogP contribution in [0.3, 0.4) is 0 Å². The van der Waals surface area contributed by atoms with E-state index in [0.717, 1.165) is 28.8 Å². The summed E-state index contributed by atoms with van der Waals surface area (Å²) in [6.45, 7) is 2.89. The van der Waals surface area contributed by atoms with E-state index in [0.29, 0.717) is 10.0 Å². The Hall–Kier alpha value is -1.84. The van der Waals surface area contributed by atoms with Gasteiger partial charge in [0.1, 0.15) is 5.52 Å². The zero-order valence-electron chi connectivity index (χ0n) is 12.1. The number of benzene rings is 2. The zero-order valence-corrected chi connectivity index (χ0v) is 13.6. The fourth-order valence-corrected chi connectivity index (χ4v) is 2.92. The van der Waals surface area contributed by atoms with E-state index in [9.17, 15) is 0 Å². The second kappa shape index (κ2) is 6.51. The lowest BCUT2D eigenvalue weighted by Crippen LogP contribution is -2.10. The van der Waals surface area contributed by atoms with E-state index < -0.39 is 0 Å². The van der Waals surface area contributed by atoms with Crippen molar-refractivity contribution in [2.45, 2.75) is 12.8 Å². The Labute approximate surface area is 139 Å². The lowest BCUT2D eigenvalue weighted by Gasteiger charge is -2.15. The molecule has 1 aromatic heterocycles. The molecule has 0 saturated carbocycles. The average molecular weight is 332 g/mol. The molecular formula is C17H15Cl2N3. The molecule has 1 N–H and O–H groups in total. The normalized spacial score (nSPS) is 12.3. The van der Waals surface area contributed by atoms with Gasteiger partial charge in [0, 0.05) is 29.0 Å². The van der Waals surface area contributed by atoms with Crippen molar-refractivity contribution in [3.63, 3.8) is 0 Å². The zero-order chi connectivity index (χ0) is 15.5. The van der Waals surface area contributed by atoms with Crippen molar-refractivity contribution in [3.05, 3.63) is 64.4 Å². The summed E-state index contributed by atoms with van der Waals surface area (Å²) in [6.07, 6.45) is 3.40. The molecule has 0 aliphatic carbocycles. The van der Waals surface area contributed by atoms with E-state index in [1.807, 2.05) is 30.3 Å². The molecule has 0 amide bonds. The molecular weight excluding hydrogens is 317 g/mol. The SMILES string of the molecule is CC(CNc1cccc2nccnc12)c1cc(Cl)cc(Cl)c1. The summed E-state index contributed by atoms with van der Waals surface area (Å²) >= 11 is 12.1. The van der Waals surface area contributed by atoms with Crippen molar-refractivity contribution in [2.75, 3.05) is 11.9 Å². The predicted octanol–water partition coefficient (Wildman–Crippen LogP) is 5.15. The molecule has 1 atom stereocenters. The molecule has 0 bridgehead atoms. The molecule has 0 radical (unpaired) electrons. The summed E-state index contributed by atoms with van der Waals surface area (Å²) in [5.41, 5.74) is 3.84. The van der Waals surface area contributed by atoms with E-state index in [4.69, 9.17) is 23.2 Å². The van der Waals surface area contributed by atoms with Crippen LogP contribution in [0.2, 0.25) is 10.0 Å². The van der Waals surface area contributed by atoms with Gasteiger partial charge in [0.05, 0.1) is 11.2 Å². The molecule has 3 nitrogen and oxygen atoms in total. The summed E-state index contributed by atoms with van der Waals surface area (Å²) in [6, 6.07) is 11.6. The summed E-state index contributed by atoms with van der Waals surface area (Å²) in [7, 11) is 0. The van der Waals surface area contributed by atoms with Crippen LogP contribution in [0.4, 0.5) is 5.69 Å². The Bertz CT molecular complexity index is 779. The molecule has 0 aliphatic heterocycles. The van der Waals surface area contributed by atoms with Crippen molar-refractivity contribution < 1.29 is 0 Å². The number of fused-ring (bicyclic) bond motifs is 1. The molecule has 3 rings (SSSR count). The maximum atomic E-state index is 6.07. The van der Waals surface area contributed by atoms with Crippen LogP contribution in [0, 0.1) is 0 Å². The third-order valence-corrected chi connectivity index (χ3v) is 3.99. The third-order valence-electron chi connectivity index (χ3n) is 3.55. The van der Waals surface area contributed by atoms with Crippen LogP contribution in [0.15, 0.2) is 48.8 Å². The van der Waals surface area contributed by atoms with Crippen LogP contribution in [-0.2, 0) is 0 Å². The fraction of sp³-hybridized carbons (Fsp3) is 0.176. The molecule has 2 aromatic carbocycles. The largest absolute Gasteiger partial charge is 0.383 e. The van der Waals surface area contributed by atoms with Crippen LogP contribution in [0.1, 0.15) is 18.4 Å². The van der Waals surface area contributed by atoms with Crippen LogP contribution >= 0.6 is 23.2 Å². The molecule has 1 unspecified atom stereocenters. The van der Waals surface area contributed by atoms with Gasteiger partial charge >= 0.3 is 0 Å². The highest BCUT2D eigenvalue weighted by molar-refractivity contribution is 6.34. The number of hydrogen-bond donors (Lipinski definition) is 1. The highest BCUT2D eigenvalue weighted by Crippen LogP contribution is 2.26. The van der Waals surface area contributed by atoms with Gasteiger partial charge in [0.2, 0.25) is 0 Å². The highest BCUT2D eigenvalue weighted by Gasteiger charge is 2.09. The van der Waals surface area contributed by atoms with Crippen LogP contribution in [0.25, 0.3) is 11.0 Å². The minimum absolute atomic E-state index is 0.267. The second-order valence-corrected chi connectivity index (χ2v) is 6.09. The monoisotopic (exact) mass is 331 g/mol. The Morgan fingerprint density at radius 1 is 1.05 bits per heavy atom. The lowest BCUT2D eigenvalue weighted by molar-refractivity contribution is 0.805. The smallest absolute Gasteiger partial charge is 0.112 e. The van der Waals surface area contributed by atoms with Crippen LogP contribution in [-0.4, -0.2) is 16.5 Å². The van der Waals surface area contributed by atoms with Crippen molar-refractivity contribution in [1.82, 2.24) is 9.97 Å². The topological polar surface area (TPSA) is 37.8 Å². The predicted molar refractivity (Wildman–Crippen MR) is 92.9 cm³/mol. The van der Waals surface area contributed by atoms with E-state index >= 15 is 0 Å². The van der Waals surface area contributed by atoms with Crippen molar-refractivity contribution >= 4 is 39.9 Å². The Morgan fingerprint density at radius 3 is 2.55 bits per heavy atom. The Morgan fingerprint density at radius 2 is 1.77 bits per heavy atom. The van der Waals surface area contributed by atoms with E-state index in [2.05, 4.69) is 22.2 Å². The number of rotatable bonds is 4. The molecule has 5 heteroatoms. The van der Waals surface area contributed by atoms with Gasteiger partial charge in [-0.15, -0.1) is 0 Å². The first-order valence-corrected chi connectivity index (χ1v) is 7.78. The first-order chi connectivity index (χ1) is 10.6. The second-order valence-electron chi connectivity index (χ2n) is 5.21. The van der Waals surface area contributed by atoms with Gasteiger partial charge in [-0.05, 0) is 41.8 Å². The van der Waals surface area contributed by atoms with E-state index in [1.54, 1.807) is 18.5 Å². The van der Waals surface area contributed by atoms with Crippen LogP contribution in [0.5, 0.6) is 0 Å². The fourth-order valence-electron chi connectivity index (χ4n) is 2.38. The number of hydrogen-bond acceptors (Lipinski definition) is 3. The highest BCUT2D eigenvalue weighted by atomic mass is 35.5. The summed E-state index contributed by atoms with van der Waals surface area (Å²) in [5.74, 6) is 0.267. The molecule has 0 spiro atoms. The third kappa shape index (κ3) is 3.32. The molecule has 0 saturated heterocycles. The average Bonchev–Trinajstić information content (AvgIpc) is 2.51. The van der Waals surface area contributed by atoms with Gasteiger partial charge in [0.15, 0.2) is 0 Å². The molecule has 0 fully saturated rings. The first-order valence-electron chi connectivity index (χ1n) is 7.03. The Kier molecular flexibility index (Phi) is 4.46. The number of nitrogens with one attached hydrogen (secondary N) is 1. The number of aromatic nitrogens is 2. The van der Waals surface area contributed by atoms with Crippen molar-refractivity contribution in [2.24, 2.45) is 0 Å². The van der Waals surface area contributed by atoms with Gasteiger partial charge in [-0.1, -0.05) is 36.2 Å². The number of para-hydroxylation sites is 1. The minimum Gasteiger partial charge on any atom is -0.383 e. The number of anilines is 1. The summed E-state index contributed by atoms with van der Waals surface area (Å²) < 4.78 is 0. The van der Waals surface area contributed by atoms with Gasteiger partial charge < -0.3 is 5.32 Å². The molecule has 1 heterocycles. The van der Waals surface area contributed by atoms with Gasteiger partial charge in [0.25, 0.3) is 0 Å². The minimum atomic E-state index is 0.267. The quantitative estimate of drug-likeness (QED) is 0.718. The van der Waals surface area contributed by atoms with Gasteiger partial charge in [-0.2, -0.15) is 0 Å². The Balaban J connectivity index is 1.79. The first kappa shape index (κ1) is 15.1. The molecule has 3 aromatic rings. The maximum absolute atomic E-state index is 6.07. The van der Waals surface area contributed by atoms with Gasteiger partial charge in [-0.3, -0.25) is 9.97 Å². The standard InChI is InChI=1S/C17H15Cl2N3/c1-11(12-7-13(18)9-14(19)8-12)10-22-16-4-2-3-15-17(16)21-6-5-20-15/h2-9,11,22H,10H2,1H3. The number of halogens is 2. The van der Waals surface area contributed by atoms with Crippen LogP contribution < -0.4 is 5.32 Å². The van der Waals surface area contributed by atoms with Crippen molar-refractivity contribution in [3.8, 4) is 0 Å². The summed E-state index contributed by atoms with van der Waals surface area (Å²) in [5, 5.41) is 4.75. The number of nitrogens with zero attached hydrogens (tertiary/aromatic N) is 2.